The van der Waals surface area contributed by atoms with Crippen molar-refractivity contribution in [3.8, 4) is 0 Å². The molecule has 0 atom stereocenters. The van der Waals surface area contributed by atoms with Crippen molar-refractivity contribution in [1.82, 2.24) is 4.98 Å². The Bertz CT molecular complexity index is 395. The molecule has 0 aliphatic heterocycles. The summed E-state index contributed by atoms with van der Waals surface area (Å²) in [6, 6.07) is 3.81. The summed E-state index contributed by atoms with van der Waals surface area (Å²) in [6.07, 6.45) is 6.48. The molecule has 0 unspecified atom stereocenters. The zero-order valence-corrected chi connectivity index (χ0v) is 11.4. The summed E-state index contributed by atoms with van der Waals surface area (Å²) in [4.78, 5) is 3.99. The zero-order valence-electron chi connectivity index (χ0n) is 11.4. The normalized spacial score (nSPS) is 28.6. The van der Waals surface area contributed by atoms with Gasteiger partial charge in [0.1, 0.15) is 5.82 Å². The molecule has 1 fully saturated rings. The molecular formula is C15H24N2O. The van der Waals surface area contributed by atoms with Crippen LogP contribution in [0, 0.1) is 11.8 Å². The maximum atomic E-state index is 10.7. The fraction of sp³-hybridized carbons (Fsp3) is 0.667. The van der Waals surface area contributed by atoms with E-state index in [2.05, 4.69) is 18.8 Å². The Balaban J connectivity index is 1.97. The minimum Gasteiger partial charge on any atom is -0.390 e. The van der Waals surface area contributed by atoms with Crippen LogP contribution in [0.1, 0.15) is 45.1 Å². The predicted molar refractivity (Wildman–Crippen MR) is 74.1 cm³/mol. The van der Waals surface area contributed by atoms with Gasteiger partial charge in [-0.1, -0.05) is 13.8 Å². The van der Waals surface area contributed by atoms with Crippen LogP contribution in [-0.4, -0.2) is 15.7 Å². The molecular weight excluding hydrogens is 224 g/mol. The number of nitrogens with zero attached hydrogens (tertiary/aromatic N) is 1. The van der Waals surface area contributed by atoms with E-state index in [1.165, 1.54) is 0 Å². The second kappa shape index (κ2) is 5.27. The van der Waals surface area contributed by atoms with E-state index in [9.17, 15) is 5.11 Å². The Labute approximate surface area is 109 Å². The first-order valence-corrected chi connectivity index (χ1v) is 6.91. The van der Waals surface area contributed by atoms with Crippen LogP contribution in [0.15, 0.2) is 18.3 Å². The number of nitrogens with two attached hydrogens (primary N) is 1. The van der Waals surface area contributed by atoms with Gasteiger partial charge in [-0.15, -0.1) is 0 Å². The Morgan fingerprint density at radius 2 is 2.11 bits per heavy atom. The maximum Gasteiger partial charge on any atom is 0.123 e. The van der Waals surface area contributed by atoms with Crippen molar-refractivity contribution in [1.29, 1.82) is 0 Å². The number of aliphatic hydroxyl groups is 1. The summed E-state index contributed by atoms with van der Waals surface area (Å²) >= 11 is 0. The average molecular weight is 248 g/mol. The zero-order chi connectivity index (χ0) is 13.2. The lowest BCUT2D eigenvalue weighted by Crippen LogP contribution is -2.37. The summed E-state index contributed by atoms with van der Waals surface area (Å²) in [5.74, 6) is 2.03. The van der Waals surface area contributed by atoms with E-state index in [0.29, 0.717) is 12.2 Å². The monoisotopic (exact) mass is 248 g/mol. The van der Waals surface area contributed by atoms with Crippen molar-refractivity contribution in [2.45, 2.75) is 51.6 Å². The van der Waals surface area contributed by atoms with Gasteiger partial charge in [0, 0.05) is 12.6 Å². The van der Waals surface area contributed by atoms with E-state index < -0.39 is 5.60 Å². The molecule has 1 aromatic rings. The Kier molecular flexibility index (Phi) is 3.91. The summed E-state index contributed by atoms with van der Waals surface area (Å²) in [7, 11) is 0. The highest BCUT2D eigenvalue weighted by Crippen LogP contribution is 2.37. The number of aromatic nitrogens is 1. The van der Waals surface area contributed by atoms with Gasteiger partial charge in [-0.2, -0.15) is 0 Å². The molecule has 1 heterocycles. The van der Waals surface area contributed by atoms with Crippen molar-refractivity contribution in [3.05, 3.63) is 23.9 Å². The Morgan fingerprint density at radius 1 is 1.44 bits per heavy atom. The first kappa shape index (κ1) is 13.3. The predicted octanol–water partition coefficient (Wildman–Crippen LogP) is 2.78. The summed E-state index contributed by atoms with van der Waals surface area (Å²) in [6.45, 7) is 4.55. The quantitative estimate of drug-likeness (QED) is 0.864. The smallest absolute Gasteiger partial charge is 0.123 e. The molecule has 2 rings (SSSR count). The number of hydrogen-bond donors (Lipinski definition) is 2. The molecule has 3 heteroatoms. The lowest BCUT2D eigenvalue weighted by atomic mass is 9.72. The summed E-state index contributed by atoms with van der Waals surface area (Å²) < 4.78 is 0. The van der Waals surface area contributed by atoms with Crippen LogP contribution in [0.2, 0.25) is 0 Å². The third-order valence-corrected chi connectivity index (χ3v) is 4.28. The van der Waals surface area contributed by atoms with E-state index in [0.717, 1.165) is 43.1 Å². The van der Waals surface area contributed by atoms with Gasteiger partial charge < -0.3 is 10.8 Å². The molecule has 1 aliphatic rings. The van der Waals surface area contributed by atoms with E-state index in [4.69, 9.17) is 5.73 Å². The Morgan fingerprint density at radius 3 is 2.67 bits per heavy atom. The molecule has 3 nitrogen and oxygen atoms in total. The van der Waals surface area contributed by atoms with E-state index in [1.807, 2.05) is 12.1 Å². The molecule has 18 heavy (non-hydrogen) atoms. The second-order valence-electron chi connectivity index (χ2n) is 6.07. The molecule has 0 bridgehead atoms. The molecule has 0 aromatic carbocycles. The Hall–Kier alpha value is -1.09. The first-order valence-electron chi connectivity index (χ1n) is 6.91. The van der Waals surface area contributed by atoms with E-state index >= 15 is 0 Å². The first-order chi connectivity index (χ1) is 8.48. The standard InChI is InChI=1S/C15H24N2O/c1-11(2)13-3-6-15(18,7-4-13)10-12-5-8-17-14(16)9-12/h5,8-9,11,13,18H,3-4,6-7,10H2,1-2H3,(H2,16,17). The van der Waals surface area contributed by atoms with Crippen LogP contribution in [0.4, 0.5) is 5.82 Å². The second-order valence-corrected chi connectivity index (χ2v) is 6.07. The van der Waals surface area contributed by atoms with Gasteiger partial charge in [0.2, 0.25) is 0 Å². The molecule has 0 saturated heterocycles. The van der Waals surface area contributed by atoms with Crippen molar-refractivity contribution in [2.75, 3.05) is 5.73 Å². The average Bonchev–Trinajstić information content (AvgIpc) is 2.29. The number of anilines is 1. The van der Waals surface area contributed by atoms with Crippen LogP contribution in [0.5, 0.6) is 0 Å². The molecule has 1 aliphatic carbocycles. The van der Waals surface area contributed by atoms with Crippen molar-refractivity contribution < 1.29 is 5.11 Å². The van der Waals surface area contributed by atoms with Gasteiger partial charge in [0.05, 0.1) is 5.60 Å². The highest BCUT2D eigenvalue weighted by atomic mass is 16.3. The van der Waals surface area contributed by atoms with Crippen molar-refractivity contribution in [3.63, 3.8) is 0 Å². The van der Waals surface area contributed by atoms with Crippen LogP contribution < -0.4 is 5.73 Å². The van der Waals surface area contributed by atoms with Crippen LogP contribution in [-0.2, 0) is 6.42 Å². The molecule has 0 amide bonds. The van der Waals surface area contributed by atoms with Gasteiger partial charge in [-0.3, -0.25) is 0 Å². The number of pyridine rings is 1. The van der Waals surface area contributed by atoms with Gasteiger partial charge in [0.15, 0.2) is 0 Å². The van der Waals surface area contributed by atoms with Crippen molar-refractivity contribution >= 4 is 5.82 Å². The van der Waals surface area contributed by atoms with Gasteiger partial charge in [-0.25, -0.2) is 4.98 Å². The highest BCUT2D eigenvalue weighted by Gasteiger charge is 2.34. The SMILES string of the molecule is CC(C)C1CCC(O)(Cc2ccnc(N)c2)CC1. The highest BCUT2D eigenvalue weighted by molar-refractivity contribution is 5.32. The molecule has 0 spiro atoms. The lowest BCUT2D eigenvalue weighted by Gasteiger charge is -2.37. The van der Waals surface area contributed by atoms with E-state index in [-0.39, 0.29) is 0 Å². The third-order valence-electron chi connectivity index (χ3n) is 4.28. The van der Waals surface area contributed by atoms with Crippen molar-refractivity contribution in [2.24, 2.45) is 11.8 Å². The lowest BCUT2D eigenvalue weighted by molar-refractivity contribution is -0.0146. The molecule has 0 radical (unpaired) electrons. The van der Waals surface area contributed by atoms with Crippen LogP contribution in [0.25, 0.3) is 0 Å². The maximum absolute atomic E-state index is 10.7. The summed E-state index contributed by atoms with van der Waals surface area (Å²) in [5.41, 5.74) is 6.22. The number of rotatable bonds is 3. The fourth-order valence-electron chi connectivity index (χ4n) is 3.01. The third kappa shape index (κ3) is 3.22. The minimum atomic E-state index is -0.542. The van der Waals surface area contributed by atoms with Gasteiger partial charge >= 0.3 is 0 Å². The van der Waals surface area contributed by atoms with Crippen LogP contribution in [0.3, 0.4) is 0 Å². The number of hydrogen-bond acceptors (Lipinski definition) is 3. The van der Waals surface area contributed by atoms with Gasteiger partial charge in [-0.05, 0) is 55.2 Å². The largest absolute Gasteiger partial charge is 0.390 e. The summed E-state index contributed by atoms with van der Waals surface area (Å²) in [5, 5.41) is 10.7. The molecule has 100 valence electrons. The number of nitrogen functional groups attached to an aromatic ring is 1. The van der Waals surface area contributed by atoms with Gasteiger partial charge in [0.25, 0.3) is 0 Å². The van der Waals surface area contributed by atoms with E-state index in [1.54, 1.807) is 6.20 Å². The minimum absolute atomic E-state index is 0.534. The molecule has 1 saturated carbocycles. The molecule has 1 aromatic heterocycles. The molecule has 3 N–H and O–H groups in total. The van der Waals surface area contributed by atoms with Crippen LogP contribution >= 0.6 is 0 Å². The topological polar surface area (TPSA) is 59.1 Å². The fourth-order valence-corrected chi connectivity index (χ4v) is 3.01.